The van der Waals surface area contributed by atoms with E-state index >= 15 is 0 Å². The van der Waals surface area contributed by atoms with Crippen LogP contribution in [-0.2, 0) is 0 Å². The van der Waals surface area contributed by atoms with Gasteiger partial charge in [-0.1, -0.05) is 11.6 Å². The Morgan fingerprint density at radius 1 is 1.67 bits per heavy atom. The van der Waals surface area contributed by atoms with Crippen molar-refractivity contribution in [2.45, 2.75) is 6.10 Å². The lowest BCUT2D eigenvalue weighted by molar-refractivity contribution is 0.137. The molecule has 66 valence electrons. The Balaban J connectivity index is 3.04. The molecule has 0 radical (unpaired) electrons. The van der Waals surface area contributed by atoms with Crippen molar-refractivity contribution in [1.29, 1.82) is 0 Å². The van der Waals surface area contributed by atoms with E-state index in [1.807, 2.05) is 0 Å². The van der Waals surface area contributed by atoms with Crippen LogP contribution in [0.1, 0.15) is 11.7 Å². The summed E-state index contributed by atoms with van der Waals surface area (Å²) in [5.74, 6) is -0.899. The zero-order valence-electron chi connectivity index (χ0n) is 5.97. The molecule has 0 spiro atoms. The third-order valence-corrected chi connectivity index (χ3v) is 1.54. The van der Waals surface area contributed by atoms with Crippen LogP contribution >= 0.6 is 11.6 Å². The molecule has 1 rings (SSSR count). The van der Waals surface area contributed by atoms with Crippen molar-refractivity contribution >= 4 is 11.6 Å². The molecule has 1 N–H and O–H groups in total. The van der Waals surface area contributed by atoms with E-state index in [9.17, 15) is 8.78 Å². The van der Waals surface area contributed by atoms with Gasteiger partial charge in [0.25, 0.3) is 0 Å². The van der Waals surface area contributed by atoms with E-state index in [0.717, 1.165) is 12.3 Å². The molecule has 0 bridgehead atoms. The first-order valence-electron chi connectivity index (χ1n) is 3.20. The Labute approximate surface area is 72.8 Å². The Kier molecular flexibility index (Phi) is 2.94. The van der Waals surface area contributed by atoms with E-state index < -0.39 is 18.7 Å². The summed E-state index contributed by atoms with van der Waals surface area (Å²) in [4.78, 5) is 3.22. The van der Waals surface area contributed by atoms with Crippen LogP contribution in [0.2, 0.25) is 5.02 Å². The molecule has 12 heavy (non-hydrogen) atoms. The molecule has 1 heterocycles. The van der Waals surface area contributed by atoms with Gasteiger partial charge in [0.2, 0.25) is 5.95 Å². The van der Waals surface area contributed by atoms with Crippen molar-refractivity contribution in [1.82, 2.24) is 4.98 Å². The summed E-state index contributed by atoms with van der Waals surface area (Å²) in [6.45, 7) is -1.06. The molecule has 0 aliphatic rings. The number of alkyl halides is 1. The van der Waals surface area contributed by atoms with Gasteiger partial charge < -0.3 is 5.11 Å². The number of halogens is 3. The summed E-state index contributed by atoms with van der Waals surface area (Å²) in [6, 6.07) is 1.15. The van der Waals surface area contributed by atoms with Gasteiger partial charge in [-0.25, -0.2) is 9.37 Å². The summed E-state index contributed by atoms with van der Waals surface area (Å²) in [5.41, 5.74) is -0.218. The van der Waals surface area contributed by atoms with Crippen molar-refractivity contribution in [2.75, 3.05) is 6.67 Å². The van der Waals surface area contributed by atoms with E-state index in [2.05, 4.69) is 4.98 Å². The number of hydrogen-bond acceptors (Lipinski definition) is 2. The fourth-order valence-corrected chi connectivity index (χ4v) is 0.921. The molecule has 5 heteroatoms. The van der Waals surface area contributed by atoms with Crippen molar-refractivity contribution in [3.05, 3.63) is 28.8 Å². The lowest BCUT2D eigenvalue weighted by atomic mass is 10.2. The number of rotatable bonds is 2. The second-order valence-corrected chi connectivity index (χ2v) is 2.64. The van der Waals surface area contributed by atoms with Gasteiger partial charge in [-0.15, -0.1) is 0 Å². The monoisotopic (exact) mass is 193 g/mol. The number of nitrogens with zero attached hydrogens (tertiary/aromatic N) is 1. The molecule has 0 aliphatic heterocycles. The van der Waals surface area contributed by atoms with Gasteiger partial charge in [0.05, 0.1) is 5.02 Å². The molecule has 0 saturated heterocycles. The van der Waals surface area contributed by atoms with Gasteiger partial charge in [0.1, 0.15) is 12.8 Å². The highest BCUT2D eigenvalue weighted by Gasteiger charge is 2.13. The van der Waals surface area contributed by atoms with Crippen LogP contribution < -0.4 is 0 Å². The molecule has 0 aliphatic carbocycles. The molecule has 0 fully saturated rings. The van der Waals surface area contributed by atoms with Crippen LogP contribution in [0.5, 0.6) is 0 Å². The summed E-state index contributed by atoms with van der Waals surface area (Å²) >= 11 is 5.46. The standard InChI is InChI=1S/C7H6ClF2NO/c8-4-1-5(6(12)2-9)7(10)11-3-4/h1,3,6,12H,2H2/t6-/m1/s1. The minimum absolute atomic E-state index is 0.166. The van der Waals surface area contributed by atoms with Gasteiger partial charge in [-0.3, -0.25) is 0 Å². The van der Waals surface area contributed by atoms with E-state index in [0.29, 0.717) is 0 Å². The average molecular weight is 194 g/mol. The highest BCUT2D eigenvalue weighted by atomic mass is 35.5. The van der Waals surface area contributed by atoms with Crippen LogP contribution in [0.3, 0.4) is 0 Å². The number of aliphatic hydroxyl groups is 1. The fraction of sp³-hybridized carbons (Fsp3) is 0.286. The number of pyridine rings is 1. The third-order valence-electron chi connectivity index (χ3n) is 1.34. The molecule has 1 atom stereocenters. The minimum atomic E-state index is -1.49. The Morgan fingerprint density at radius 3 is 2.92 bits per heavy atom. The second kappa shape index (κ2) is 3.78. The predicted octanol–water partition coefficient (Wildman–Crippen LogP) is 1.88. The van der Waals surface area contributed by atoms with Crippen molar-refractivity contribution < 1.29 is 13.9 Å². The molecular formula is C7H6ClF2NO. The molecule has 0 aromatic carbocycles. The van der Waals surface area contributed by atoms with Gasteiger partial charge in [0.15, 0.2) is 0 Å². The first kappa shape index (κ1) is 9.35. The maximum Gasteiger partial charge on any atom is 0.218 e. The quantitative estimate of drug-likeness (QED) is 0.728. The van der Waals surface area contributed by atoms with Crippen LogP contribution in [-0.4, -0.2) is 16.8 Å². The van der Waals surface area contributed by atoms with E-state index in [1.54, 1.807) is 0 Å². The van der Waals surface area contributed by atoms with E-state index in [4.69, 9.17) is 16.7 Å². The summed E-state index contributed by atoms with van der Waals surface area (Å²) in [7, 11) is 0. The van der Waals surface area contributed by atoms with Crippen LogP contribution in [0, 0.1) is 5.95 Å². The number of aliphatic hydroxyl groups excluding tert-OH is 1. The largest absolute Gasteiger partial charge is 0.385 e. The molecule has 1 aromatic heterocycles. The first-order chi connectivity index (χ1) is 5.65. The maximum atomic E-state index is 12.7. The predicted molar refractivity (Wildman–Crippen MR) is 40.1 cm³/mol. The fourth-order valence-electron chi connectivity index (χ4n) is 0.755. The summed E-state index contributed by atoms with van der Waals surface area (Å²) < 4.78 is 24.6. The molecule has 2 nitrogen and oxygen atoms in total. The van der Waals surface area contributed by atoms with Gasteiger partial charge in [0, 0.05) is 11.8 Å². The van der Waals surface area contributed by atoms with Crippen molar-refractivity contribution in [3.63, 3.8) is 0 Å². The first-order valence-corrected chi connectivity index (χ1v) is 3.58. The third kappa shape index (κ3) is 1.89. The van der Waals surface area contributed by atoms with Crippen LogP contribution in [0.15, 0.2) is 12.3 Å². The van der Waals surface area contributed by atoms with Gasteiger partial charge in [-0.05, 0) is 6.07 Å². The summed E-state index contributed by atoms with van der Waals surface area (Å²) in [5, 5.41) is 9.09. The number of aromatic nitrogens is 1. The molecular weight excluding hydrogens is 188 g/mol. The Hall–Kier alpha value is -0.740. The average Bonchev–Trinajstić information content (AvgIpc) is 2.08. The highest BCUT2D eigenvalue weighted by Crippen LogP contribution is 2.19. The summed E-state index contributed by atoms with van der Waals surface area (Å²) in [6.07, 6.45) is -0.401. The van der Waals surface area contributed by atoms with E-state index in [1.165, 1.54) is 0 Å². The Bertz CT molecular complexity index is 282. The normalized spacial score (nSPS) is 13.0. The zero-order valence-corrected chi connectivity index (χ0v) is 6.72. The van der Waals surface area contributed by atoms with Gasteiger partial charge >= 0.3 is 0 Å². The topological polar surface area (TPSA) is 33.1 Å². The van der Waals surface area contributed by atoms with Gasteiger partial charge in [-0.2, -0.15) is 4.39 Å². The lowest BCUT2D eigenvalue weighted by Crippen LogP contribution is -2.03. The molecule has 0 amide bonds. The number of hydrogen-bond donors (Lipinski definition) is 1. The zero-order chi connectivity index (χ0) is 9.14. The smallest absolute Gasteiger partial charge is 0.218 e. The van der Waals surface area contributed by atoms with Crippen LogP contribution in [0.25, 0.3) is 0 Å². The van der Waals surface area contributed by atoms with Crippen molar-refractivity contribution in [3.8, 4) is 0 Å². The maximum absolute atomic E-state index is 12.7. The van der Waals surface area contributed by atoms with Crippen molar-refractivity contribution in [2.24, 2.45) is 0 Å². The van der Waals surface area contributed by atoms with Crippen LogP contribution in [0.4, 0.5) is 8.78 Å². The molecule has 0 unspecified atom stereocenters. The lowest BCUT2D eigenvalue weighted by Gasteiger charge is -2.06. The highest BCUT2D eigenvalue weighted by molar-refractivity contribution is 6.30. The SMILES string of the molecule is O[C@H](CF)c1cc(Cl)cnc1F. The van der Waals surface area contributed by atoms with E-state index in [-0.39, 0.29) is 10.6 Å². The Morgan fingerprint density at radius 2 is 2.33 bits per heavy atom. The molecule has 1 aromatic rings. The molecule has 0 saturated carbocycles. The minimum Gasteiger partial charge on any atom is -0.385 e. The second-order valence-electron chi connectivity index (χ2n) is 2.20.